The highest BCUT2D eigenvalue weighted by Crippen LogP contribution is 2.25. The first-order valence-electron chi connectivity index (χ1n) is 5.71. The third kappa shape index (κ3) is 4.23. The summed E-state index contributed by atoms with van der Waals surface area (Å²) in [4.78, 5) is 22.5. The number of thioether (sulfide) groups is 1. The first-order chi connectivity index (χ1) is 9.95. The van der Waals surface area contributed by atoms with Crippen LogP contribution in [0.1, 0.15) is 15.9 Å². The normalized spacial score (nSPS) is 10.4. The molecule has 6 nitrogen and oxygen atoms in total. The second-order valence-corrected chi connectivity index (χ2v) is 6.17. The maximum Gasteiger partial charge on any atom is 0.313 e. The fraction of sp³-hybridized carbons (Fsp3) is 0.167. The summed E-state index contributed by atoms with van der Waals surface area (Å²) in [6.45, 7) is 1.63. The van der Waals surface area contributed by atoms with E-state index in [9.17, 15) is 14.0 Å². The molecule has 0 atom stereocenters. The van der Waals surface area contributed by atoms with E-state index < -0.39 is 17.7 Å². The Balaban J connectivity index is 2.04. The van der Waals surface area contributed by atoms with Gasteiger partial charge >= 0.3 is 5.97 Å². The van der Waals surface area contributed by atoms with E-state index in [1.54, 1.807) is 6.92 Å². The minimum Gasteiger partial charge on any atom is -0.481 e. The third-order valence-electron chi connectivity index (χ3n) is 2.38. The van der Waals surface area contributed by atoms with Crippen LogP contribution >= 0.6 is 23.1 Å². The van der Waals surface area contributed by atoms with Crippen molar-refractivity contribution in [3.63, 3.8) is 0 Å². The molecule has 1 heterocycles. The monoisotopic (exact) mass is 327 g/mol. The minimum atomic E-state index is -0.956. The maximum absolute atomic E-state index is 13.0. The summed E-state index contributed by atoms with van der Waals surface area (Å²) in [5, 5.41) is 18.9. The van der Waals surface area contributed by atoms with Gasteiger partial charge in [0, 0.05) is 5.56 Å². The number of benzene rings is 1. The van der Waals surface area contributed by atoms with Gasteiger partial charge in [0.1, 0.15) is 5.82 Å². The van der Waals surface area contributed by atoms with Crippen molar-refractivity contribution in [2.24, 2.45) is 0 Å². The summed E-state index contributed by atoms with van der Waals surface area (Å²) in [7, 11) is 0. The van der Waals surface area contributed by atoms with Gasteiger partial charge in [-0.05, 0) is 30.7 Å². The van der Waals surface area contributed by atoms with Gasteiger partial charge in [-0.3, -0.25) is 14.9 Å². The zero-order chi connectivity index (χ0) is 15.4. The van der Waals surface area contributed by atoms with E-state index in [0.29, 0.717) is 15.5 Å². The van der Waals surface area contributed by atoms with Crippen molar-refractivity contribution in [2.45, 2.75) is 11.3 Å². The Bertz CT molecular complexity index is 690. The van der Waals surface area contributed by atoms with Crippen molar-refractivity contribution in [1.29, 1.82) is 0 Å². The van der Waals surface area contributed by atoms with Gasteiger partial charge < -0.3 is 5.11 Å². The number of carboxylic acid groups (broad SMARTS) is 1. The molecule has 0 aliphatic heterocycles. The predicted molar refractivity (Wildman–Crippen MR) is 77.4 cm³/mol. The molecule has 0 saturated carbocycles. The number of amides is 1. The van der Waals surface area contributed by atoms with Gasteiger partial charge in [0.15, 0.2) is 4.34 Å². The Morgan fingerprint density at radius 2 is 2.19 bits per heavy atom. The number of aliphatic carboxylic acids is 1. The van der Waals surface area contributed by atoms with Gasteiger partial charge in [0.2, 0.25) is 5.13 Å². The number of rotatable bonds is 5. The number of carbonyl (C=O) groups is 2. The van der Waals surface area contributed by atoms with Crippen molar-refractivity contribution in [3.8, 4) is 0 Å². The number of aromatic nitrogens is 2. The molecule has 110 valence electrons. The fourth-order valence-corrected chi connectivity index (χ4v) is 2.96. The molecule has 0 saturated heterocycles. The number of nitrogens with one attached hydrogen (secondary N) is 1. The molecule has 0 bridgehead atoms. The molecule has 2 N–H and O–H groups in total. The molecule has 0 aliphatic carbocycles. The minimum absolute atomic E-state index is 0.125. The van der Waals surface area contributed by atoms with Gasteiger partial charge in [0.25, 0.3) is 5.91 Å². The molecule has 21 heavy (non-hydrogen) atoms. The van der Waals surface area contributed by atoms with E-state index in [1.807, 2.05) is 0 Å². The predicted octanol–water partition coefficient (Wildman–Crippen LogP) is 2.41. The highest BCUT2D eigenvalue weighted by Gasteiger charge is 2.13. The van der Waals surface area contributed by atoms with Crippen LogP contribution in [-0.2, 0) is 4.79 Å². The molecule has 9 heteroatoms. The highest BCUT2D eigenvalue weighted by atomic mass is 32.2. The Morgan fingerprint density at radius 3 is 2.86 bits per heavy atom. The zero-order valence-corrected chi connectivity index (χ0v) is 12.4. The zero-order valence-electron chi connectivity index (χ0n) is 10.8. The second-order valence-electron chi connectivity index (χ2n) is 3.97. The van der Waals surface area contributed by atoms with Crippen LogP contribution in [0.3, 0.4) is 0 Å². The van der Waals surface area contributed by atoms with Crippen LogP contribution in [0.2, 0.25) is 0 Å². The van der Waals surface area contributed by atoms with E-state index in [0.717, 1.165) is 23.1 Å². The van der Waals surface area contributed by atoms with E-state index in [2.05, 4.69) is 15.5 Å². The number of anilines is 1. The van der Waals surface area contributed by atoms with Crippen molar-refractivity contribution in [3.05, 3.63) is 35.1 Å². The summed E-state index contributed by atoms with van der Waals surface area (Å²) in [6.07, 6.45) is 0. The molecular weight excluding hydrogens is 317 g/mol. The summed E-state index contributed by atoms with van der Waals surface area (Å²) in [5.41, 5.74) is 0.851. The molecular formula is C12H10FN3O3S2. The van der Waals surface area contributed by atoms with Crippen LogP contribution in [0.5, 0.6) is 0 Å². The maximum atomic E-state index is 13.0. The Morgan fingerprint density at radius 1 is 1.43 bits per heavy atom. The van der Waals surface area contributed by atoms with E-state index in [-0.39, 0.29) is 10.9 Å². The van der Waals surface area contributed by atoms with Crippen molar-refractivity contribution >= 4 is 40.1 Å². The summed E-state index contributed by atoms with van der Waals surface area (Å²) < 4.78 is 13.4. The first kappa shape index (κ1) is 15.4. The van der Waals surface area contributed by atoms with Crippen LogP contribution < -0.4 is 5.32 Å². The lowest BCUT2D eigenvalue weighted by atomic mass is 10.1. The fourth-order valence-electron chi connectivity index (χ4n) is 1.49. The van der Waals surface area contributed by atoms with E-state index in [4.69, 9.17) is 5.11 Å². The van der Waals surface area contributed by atoms with Crippen LogP contribution in [-0.4, -0.2) is 32.9 Å². The second kappa shape index (κ2) is 6.64. The smallest absolute Gasteiger partial charge is 0.313 e. The summed E-state index contributed by atoms with van der Waals surface area (Å²) >= 11 is 2.10. The van der Waals surface area contributed by atoms with Crippen LogP contribution in [0.15, 0.2) is 22.5 Å². The average molecular weight is 327 g/mol. The standard InChI is InChI=1S/C12H10FN3O3S2/c1-6-4-7(13)2-3-8(6)10(19)14-11-15-16-12(21-11)20-5-9(17)18/h2-4H,5H2,1H3,(H,17,18)(H,14,15,19). The molecule has 1 aromatic carbocycles. The number of carbonyl (C=O) groups excluding carboxylic acids is 1. The molecule has 2 aromatic rings. The molecule has 0 unspecified atom stereocenters. The van der Waals surface area contributed by atoms with Gasteiger partial charge in [-0.2, -0.15) is 0 Å². The van der Waals surface area contributed by atoms with E-state index in [1.165, 1.54) is 18.2 Å². The molecule has 0 spiro atoms. The third-order valence-corrected chi connectivity index (χ3v) is 4.34. The lowest BCUT2D eigenvalue weighted by Gasteiger charge is -2.04. The quantitative estimate of drug-likeness (QED) is 0.647. The van der Waals surface area contributed by atoms with Gasteiger partial charge in [-0.1, -0.05) is 23.1 Å². The van der Waals surface area contributed by atoms with Gasteiger partial charge in [0.05, 0.1) is 5.75 Å². The topological polar surface area (TPSA) is 92.2 Å². The molecule has 1 amide bonds. The van der Waals surface area contributed by atoms with Crippen LogP contribution in [0, 0.1) is 12.7 Å². The van der Waals surface area contributed by atoms with Crippen molar-refractivity contribution in [1.82, 2.24) is 10.2 Å². The molecule has 0 fully saturated rings. The lowest BCUT2D eigenvalue weighted by Crippen LogP contribution is -2.13. The molecule has 0 aliphatic rings. The summed E-state index contributed by atoms with van der Waals surface area (Å²) in [6, 6.07) is 3.86. The number of hydrogen-bond donors (Lipinski definition) is 2. The number of hydrogen-bond acceptors (Lipinski definition) is 6. The van der Waals surface area contributed by atoms with Crippen molar-refractivity contribution < 1.29 is 19.1 Å². The van der Waals surface area contributed by atoms with Crippen LogP contribution in [0.4, 0.5) is 9.52 Å². The Kier molecular flexibility index (Phi) is 4.86. The molecule has 0 radical (unpaired) electrons. The largest absolute Gasteiger partial charge is 0.481 e. The number of carboxylic acids is 1. The van der Waals surface area contributed by atoms with Gasteiger partial charge in [-0.15, -0.1) is 10.2 Å². The molecule has 1 aromatic heterocycles. The van der Waals surface area contributed by atoms with E-state index >= 15 is 0 Å². The summed E-state index contributed by atoms with van der Waals surface area (Å²) in [5.74, 6) is -1.91. The SMILES string of the molecule is Cc1cc(F)ccc1C(=O)Nc1nnc(SCC(=O)O)s1. The van der Waals surface area contributed by atoms with Crippen molar-refractivity contribution in [2.75, 3.05) is 11.1 Å². The first-order valence-corrected chi connectivity index (χ1v) is 7.51. The Hall–Kier alpha value is -2.00. The molecule has 2 rings (SSSR count). The van der Waals surface area contributed by atoms with Crippen LogP contribution in [0.25, 0.3) is 0 Å². The number of aryl methyl sites for hydroxylation is 1. The Labute approximate surface area is 127 Å². The highest BCUT2D eigenvalue weighted by molar-refractivity contribution is 8.01. The lowest BCUT2D eigenvalue weighted by molar-refractivity contribution is -0.133. The number of nitrogens with zero attached hydrogens (tertiary/aromatic N) is 2. The number of halogens is 1. The van der Waals surface area contributed by atoms with Gasteiger partial charge in [-0.25, -0.2) is 4.39 Å². The average Bonchev–Trinajstić information content (AvgIpc) is 2.83.